The van der Waals surface area contributed by atoms with Crippen molar-refractivity contribution in [3.8, 4) is 0 Å². The Balaban J connectivity index is 2.17. The van der Waals surface area contributed by atoms with Crippen molar-refractivity contribution in [1.82, 2.24) is 14.5 Å². The second-order valence-corrected chi connectivity index (χ2v) is 4.20. The van der Waals surface area contributed by atoms with E-state index < -0.39 is 5.97 Å². The monoisotopic (exact) mass is 260 g/mol. The van der Waals surface area contributed by atoms with Gasteiger partial charge in [-0.1, -0.05) is 6.92 Å². The van der Waals surface area contributed by atoms with Crippen LogP contribution in [0.4, 0.5) is 5.82 Å². The maximum atomic E-state index is 11.0. The number of hydrogen-bond acceptors (Lipinski definition) is 4. The summed E-state index contributed by atoms with van der Waals surface area (Å²) in [5.74, 6) is 0.470. The summed E-state index contributed by atoms with van der Waals surface area (Å²) >= 11 is 0. The van der Waals surface area contributed by atoms with E-state index in [-0.39, 0.29) is 5.56 Å². The summed E-state index contributed by atoms with van der Waals surface area (Å²) < 4.78 is 1.90. The van der Waals surface area contributed by atoms with Gasteiger partial charge >= 0.3 is 5.97 Å². The molecule has 0 unspecified atom stereocenters. The quantitative estimate of drug-likeness (QED) is 0.855. The summed E-state index contributed by atoms with van der Waals surface area (Å²) in [5.41, 5.74) is 0.997. The van der Waals surface area contributed by atoms with Gasteiger partial charge in [0, 0.05) is 25.1 Å². The van der Waals surface area contributed by atoms with Gasteiger partial charge in [-0.25, -0.2) is 14.8 Å². The van der Waals surface area contributed by atoms with Crippen LogP contribution >= 0.6 is 0 Å². The Hall–Kier alpha value is -2.37. The fourth-order valence-electron chi connectivity index (χ4n) is 1.72. The number of pyridine rings is 1. The third-order valence-electron chi connectivity index (χ3n) is 2.84. The Labute approximate surface area is 111 Å². The first-order valence-electron chi connectivity index (χ1n) is 6.04. The van der Waals surface area contributed by atoms with Gasteiger partial charge in [-0.3, -0.25) is 0 Å². The molecule has 0 amide bonds. The Morgan fingerprint density at radius 1 is 1.47 bits per heavy atom. The molecule has 0 bridgehead atoms. The summed E-state index contributed by atoms with van der Waals surface area (Å²) in [6, 6.07) is 3.12. The largest absolute Gasteiger partial charge is 0.478 e. The van der Waals surface area contributed by atoms with Crippen molar-refractivity contribution in [2.45, 2.75) is 19.9 Å². The summed E-state index contributed by atoms with van der Waals surface area (Å²) in [6.07, 6.45) is 4.27. The van der Waals surface area contributed by atoms with Gasteiger partial charge < -0.3 is 15.0 Å². The van der Waals surface area contributed by atoms with Gasteiger partial charge in [0.15, 0.2) is 0 Å². The molecule has 6 nitrogen and oxygen atoms in total. The van der Waals surface area contributed by atoms with Crippen LogP contribution in [0, 0.1) is 0 Å². The van der Waals surface area contributed by atoms with Crippen molar-refractivity contribution in [2.75, 3.05) is 5.32 Å². The number of nitrogens with one attached hydrogen (secondary N) is 1. The zero-order valence-corrected chi connectivity index (χ0v) is 10.9. The molecule has 0 saturated heterocycles. The van der Waals surface area contributed by atoms with Gasteiger partial charge in [-0.2, -0.15) is 0 Å². The third kappa shape index (κ3) is 3.09. The standard InChI is InChI=1S/C13H16N4O2/c1-3-10-6-9(13(18)19)7-11(16-10)15-8-12-14-4-5-17(12)2/h4-7H,3,8H2,1-2H3,(H,15,16)(H,18,19). The van der Waals surface area contributed by atoms with Crippen LogP contribution in [0.1, 0.15) is 28.8 Å². The van der Waals surface area contributed by atoms with Crippen molar-refractivity contribution >= 4 is 11.8 Å². The van der Waals surface area contributed by atoms with Gasteiger partial charge in [0.1, 0.15) is 11.6 Å². The van der Waals surface area contributed by atoms with E-state index in [0.717, 1.165) is 11.5 Å². The smallest absolute Gasteiger partial charge is 0.335 e. The van der Waals surface area contributed by atoms with E-state index in [1.165, 1.54) is 6.07 Å². The molecule has 2 aromatic heterocycles. The number of anilines is 1. The predicted octanol–water partition coefficient (Wildman–Crippen LogP) is 1.69. The molecule has 0 aromatic carbocycles. The fourth-order valence-corrected chi connectivity index (χ4v) is 1.72. The molecule has 0 atom stereocenters. The van der Waals surface area contributed by atoms with E-state index in [0.29, 0.717) is 18.8 Å². The molecule has 6 heteroatoms. The second kappa shape index (κ2) is 5.51. The lowest BCUT2D eigenvalue weighted by atomic mass is 10.2. The van der Waals surface area contributed by atoms with E-state index >= 15 is 0 Å². The molecule has 2 heterocycles. The number of rotatable bonds is 5. The van der Waals surface area contributed by atoms with E-state index in [4.69, 9.17) is 5.11 Å². The van der Waals surface area contributed by atoms with E-state index in [1.807, 2.05) is 24.7 Å². The third-order valence-corrected chi connectivity index (χ3v) is 2.84. The van der Waals surface area contributed by atoms with Crippen LogP contribution in [0.15, 0.2) is 24.5 Å². The van der Waals surface area contributed by atoms with Crippen LogP contribution in [-0.4, -0.2) is 25.6 Å². The summed E-state index contributed by atoms with van der Waals surface area (Å²) in [6.45, 7) is 2.44. The Kier molecular flexibility index (Phi) is 3.79. The minimum atomic E-state index is -0.947. The number of aromatic nitrogens is 3. The van der Waals surface area contributed by atoms with Crippen LogP contribution in [0.5, 0.6) is 0 Å². The molecule has 0 aliphatic rings. The lowest BCUT2D eigenvalue weighted by molar-refractivity contribution is 0.0696. The van der Waals surface area contributed by atoms with Gasteiger partial charge in [-0.15, -0.1) is 0 Å². The molecule has 2 rings (SSSR count). The van der Waals surface area contributed by atoms with E-state index in [9.17, 15) is 4.79 Å². The number of carbonyl (C=O) groups is 1. The molecule has 100 valence electrons. The highest BCUT2D eigenvalue weighted by atomic mass is 16.4. The zero-order chi connectivity index (χ0) is 13.8. The molecule has 0 radical (unpaired) electrons. The Bertz CT molecular complexity index is 592. The molecule has 19 heavy (non-hydrogen) atoms. The highest BCUT2D eigenvalue weighted by Gasteiger charge is 2.08. The molecular formula is C13H16N4O2. The van der Waals surface area contributed by atoms with Gasteiger partial charge in [0.05, 0.1) is 12.1 Å². The number of aryl methyl sites for hydroxylation is 2. The molecular weight excluding hydrogens is 244 g/mol. The number of carboxylic acid groups (broad SMARTS) is 1. The fraction of sp³-hybridized carbons (Fsp3) is 0.308. The minimum absolute atomic E-state index is 0.245. The van der Waals surface area contributed by atoms with Gasteiger partial charge in [-0.05, 0) is 18.6 Å². The number of aromatic carboxylic acids is 1. The van der Waals surface area contributed by atoms with E-state index in [2.05, 4.69) is 15.3 Å². The van der Waals surface area contributed by atoms with Crippen LogP contribution in [-0.2, 0) is 20.0 Å². The van der Waals surface area contributed by atoms with Crippen molar-refractivity contribution in [1.29, 1.82) is 0 Å². The second-order valence-electron chi connectivity index (χ2n) is 4.20. The highest BCUT2D eigenvalue weighted by Crippen LogP contribution is 2.12. The first-order chi connectivity index (χ1) is 9.10. The maximum Gasteiger partial charge on any atom is 0.335 e. The van der Waals surface area contributed by atoms with Gasteiger partial charge in [0.25, 0.3) is 0 Å². The molecule has 2 aromatic rings. The number of imidazole rings is 1. The van der Waals surface area contributed by atoms with Crippen LogP contribution in [0.2, 0.25) is 0 Å². The Morgan fingerprint density at radius 2 is 2.26 bits per heavy atom. The van der Waals surface area contributed by atoms with E-state index in [1.54, 1.807) is 12.3 Å². The minimum Gasteiger partial charge on any atom is -0.478 e. The normalized spacial score (nSPS) is 10.4. The van der Waals surface area contributed by atoms with Crippen molar-refractivity contribution in [3.63, 3.8) is 0 Å². The summed E-state index contributed by atoms with van der Waals surface area (Å²) in [7, 11) is 1.91. The topological polar surface area (TPSA) is 80.0 Å². The van der Waals surface area contributed by atoms with Crippen LogP contribution in [0.25, 0.3) is 0 Å². The van der Waals surface area contributed by atoms with Crippen molar-refractivity contribution in [2.24, 2.45) is 7.05 Å². The molecule has 0 aliphatic heterocycles. The number of hydrogen-bond donors (Lipinski definition) is 2. The highest BCUT2D eigenvalue weighted by molar-refractivity contribution is 5.88. The first kappa shape index (κ1) is 13.1. The molecule has 0 fully saturated rings. The van der Waals surface area contributed by atoms with Crippen molar-refractivity contribution < 1.29 is 9.90 Å². The molecule has 0 saturated carbocycles. The maximum absolute atomic E-state index is 11.0. The van der Waals surface area contributed by atoms with Crippen LogP contribution < -0.4 is 5.32 Å². The number of carboxylic acids is 1. The first-order valence-corrected chi connectivity index (χ1v) is 6.04. The lowest BCUT2D eigenvalue weighted by Crippen LogP contribution is -2.09. The predicted molar refractivity (Wildman–Crippen MR) is 71.1 cm³/mol. The molecule has 2 N–H and O–H groups in total. The van der Waals surface area contributed by atoms with Crippen LogP contribution in [0.3, 0.4) is 0 Å². The average Bonchev–Trinajstić information content (AvgIpc) is 2.81. The molecule has 0 spiro atoms. The molecule has 0 aliphatic carbocycles. The summed E-state index contributed by atoms with van der Waals surface area (Å²) in [4.78, 5) is 19.6. The number of nitrogens with zero attached hydrogens (tertiary/aromatic N) is 3. The summed E-state index contributed by atoms with van der Waals surface area (Å²) in [5, 5.41) is 12.2. The van der Waals surface area contributed by atoms with Gasteiger partial charge in [0.2, 0.25) is 0 Å². The Morgan fingerprint density at radius 3 is 2.84 bits per heavy atom. The lowest BCUT2D eigenvalue weighted by Gasteiger charge is -2.08. The van der Waals surface area contributed by atoms with Crippen molar-refractivity contribution in [3.05, 3.63) is 41.6 Å². The zero-order valence-electron chi connectivity index (χ0n) is 10.9. The SMILES string of the molecule is CCc1cc(C(=O)O)cc(NCc2nccn2C)n1. The average molecular weight is 260 g/mol.